The van der Waals surface area contributed by atoms with Crippen molar-refractivity contribution in [2.45, 2.75) is 52.7 Å². The molecule has 0 bridgehead atoms. The largest absolute Gasteiger partial charge is 0.399 e. The van der Waals surface area contributed by atoms with E-state index in [0.29, 0.717) is 18.1 Å². The zero-order valence-corrected chi connectivity index (χ0v) is 11.3. The topological polar surface area (TPSA) is 29.3 Å². The lowest BCUT2D eigenvalue weighted by molar-refractivity contribution is 0.147. The molecule has 0 aromatic carbocycles. The Morgan fingerprint density at radius 3 is 2.00 bits per heavy atom. The first-order valence-electron chi connectivity index (χ1n) is 5.94. The van der Waals surface area contributed by atoms with Crippen LogP contribution in [0.2, 0.25) is 0 Å². The van der Waals surface area contributed by atoms with Gasteiger partial charge in [-0.05, 0) is 46.8 Å². The van der Waals surface area contributed by atoms with Gasteiger partial charge in [0.15, 0.2) is 0 Å². The molecule has 0 aliphatic carbocycles. The van der Waals surface area contributed by atoms with Gasteiger partial charge in [0.25, 0.3) is 0 Å². The molecule has 0 radical (unpaired) electrons. The predicted octanol–water partition coefficient (Wildman–Crippen LogP) is 3.08. The molecule has 0 saturated carbocycles. The highest BCUT2D eigenvalue weighted by molar-refractivity contribution is 5.20. The van der Waals surface area contributed by atoms with Gasteiger partial charge in [-0.25, -0.2) is 0 Å². The lowest BCUT2D eigenvalue weighted by Gasteiger charge is -2.34. The molecule has 1 unspecified atom stereocenters. The van der Waals surface area contributed by atoms with Gasteiger partial charge in [-0.3, -0.25) is 4.90 Å². The molecule has 0 saturated heterocycles. The maximum atomic E-state index is 5.90. The van der Waals surface area contributed by atoms with Crippen molar-refractivity contribution in [1.82, 2.24) is 4.90 Å². The van der Waals surface area contributed by atoms with Crippen LogP contribution in [0.4, 0.5) is 0 Å². The van der Waals surface area contributed by atoms with Gasteiger partial charge in [-0.15, -0.1) is 0 Å². The summed E-state index contributed by atoms with van der Waals surface area (Å²) in [7, 11) is 0. The first-order chi connectivity index (χ1) is 7.40. The van der Waals surface area contributed by atoms with Crippen molar-refractivity contribution in [3.8, 4) is 0 Å². The standard InChI is InChI=1S/C14H26N2/c1-7-8-9-14(15)10-13(6)16(11(2)3)12(4)5/h7-13H,1,15H2,2-6H3/b9-8-,14-10-. The fraction of sp³-hybridized carbons (Fsp3) is 0.571. The predicted molar refractivity (Wildman–Crippen MR) is 73.2 cm³/mol. The average Bonchev–Trinajstić information content (AvgIpc) is 2.13. The third kappa shape index (κ3) is 5.17. The van der Waals surface area contributed by atoms with Crippen LogP contribution in [0, 0.1) is 0 Å². The minimum atomic E-state index is 0.342. The van der Waals surface area contributed by atoms with E-state index in [1.54, 1.807) is 6.08 Å². The molecular formula is C14H26N2. The second-order valence-corrected chi connectivity index (χ2v) is 4.64. The van der Waals surface area contributed by atoms with Crippen molar-refractivity contribution in [3.63, 3.8) is 0 Å². The lowest BCUT2D eigenvalue weighted by Crippen LogP contribution is -2.43. The van der Waals surface area contributed by atoms with Crippen molar-refractivity contribution in [3.05, 3.63) is 36.6 Å². The van der Waals surface area contributed by atoms with E-state index in [1.165, 1.54) is 0 Å². The first-order valence-corrected chi connectivity index (χ1v) is 5.94. The van der Waals surface area contributed by atoms with Crippen LogP contribution in [0.1, 0.15) is 34.6 Å². The van der Waals surface area contributed by atoms with E-state index in [1.807, 2.05) is 12.2 Å². The highest BCUT2D eigenvalue weighted by Gasteiger charge is 2.18. The molecule has 0 rings (SSSR count). The molecule has 0 amide bonds. The van der Waals surface area contributed by atoms with Gasteiger partial charge in [0.05, 0.1) is 0 Å². The maximum absolute atomic E-state index is 5.90. The van der Waals surface area contributed by atoms with Gasteiger partial charge >= 0.3 is 0 Å². The van der Waals surface area contributed by atoms with Gasteiger partial charge in [-0.1, -0.05) is 18.7 Å². The second kappa shape index (κ2) is 7.29. The average molecular weight is 222 g/mol. The summed E-state index contributed by atoms with van der Waals surface area (Å²) in [4.78, 5) is 2.43. The molecule has 0 aliphatic heterocycles. The highest BCUT2D eigenvalue weighted by Crippen LogP contribution is 2.12. The Balaban J connectivity index is 4.69. The van der Waals surface area contributed by atoms with Crippen LogP contribution < -0.4 is 5.73 Å². The smallest absolute Gasteiger partial charge is 0.0289 e. The molecule has 0 aromatic heterocycles. The van der Waals surface area contributed by atoms with Crippen LogP contribution in [-0.2, 0) is 0 Å². The summed E-state index contributed by atoms with van der Waals surface area (Å²) in [5.74, 6) is 0. The van der Waals surface area contributed by atoms with Crippen molar-refractivity contribution >= 4 is 0 Å². The van der Waals surface area contributed by atoms with Crippen molar-refractivity contribution in [2.75, 3.05) is 0 Å². The maximum Gasteiger partial charge on any atom is 0.0289 e. The summed E-state index contributed by atoms with van der Waals surface area (Å²) in [6, 6.07) is 1.37. The Bertz CT molecular complexity index is 254. The van der Waals surface area contributed by atoms with E-state index >= 15 is 0 Å². The summed E-state index contributed by atoms with van der Waals surface area (Å²) in [5, 5.41) is 0. The molecule has 0 aromatic rings. The van der Waals surface area contributed by atoms with Crippen LogP contribution in [0.5, 0.6) is 0 Å². The third-order valence-electron chi connectivity index (χ3n) is 2.52. The Morgan fingerprint density at radius 1 is 1.12 bits per heavy atom. The van der Waals surface area contributed by atoms with Crippen LogP contribution >= 0.6 is 0 Å². The monoisotopic (exact) mass is 222 g/mol. The molecule has 92 valence electrons. The number of nitrogens with zero attached hydrogens (tertiary/aromatic N) is 1. The summed E-state index contributed by atoms with van der Waals surface area (Å²) < 4.78 is 0. The highest BCUT2D eigenvalue weighted by atomic mass is 15.2. The van der Waals surface area contributed by atoms with Crippen molar-refractivity contribution in [1.29, 1.82) is 0 Å². The molecule has 2 nitrogen and oxygen atoms in total. The summed E-state index contributed by atoms with van der Waals surface area (Å²) >= 11 is 0. The van der Waals surface area contributed by atoms with E-state index in [-0.39, 0.29) is 0 Å². The number of rotatable bonds is 6. The summed E-state index contributed by atoms with van der Waals surface area (Å²) in [6.07, 6.45) is 7.55. The van der Waals surface area contributed by atoms with E-state index in [0.717, 1.165) is 5.70 Å². The van der Waals surface area contributed by atoms with Gasteiger partial charge in [0.1, 0.15) is 0 Å². The SMILES string of the molecule is C=C/C=C\C(N)=C\C(C)N(C(C)C)C(C)C. The minimum Gasteiger partial charge on any atom is -0.399 e. The molecule has 2 heteroatoms. The fourth-order valence-corrected chi connectivity index (χ4v) is 2.14. The number of hydrogen-bond acceptors (Lipinski definition) is 2. The number of allylic oxidation sites excluding steroid dienone is 3. The molecule has 2 N–H and O–H groups in total. The Hall–Kier alpha value is -1.02. The quantitative estimate of drug-likeness (QED) is 0.700. The summed E-state index contributed by atoms with van der Waals surface area (Å²) in [6.45, 7) is 14.6. The Morgan fingerprint density at radius 2 is 1.62 bits per heavy atom. The Labute approximate surface area is 101 Å². The van der Waals surface area contributed by atoms with Crippen LogP contribution in [0.15, 0.2) is 36.6 Å². The van der Waals surface area contributed by atoms with Gasteiger partial charge in [-0.2, -0.15) is 0 Å². The summed E-state index contributed by atoms with van der Waals surface area (Å²) in [5.41, 5.74) is 6.69. The number of hydrogen-bond donors (Lipinski definition) is 1. The normalized spacial score (nSPS) is 15.4. The molecule has 16 heavy (non-hydrogen) atoms. The second-order valence-electron chi connectivity index (χ2n) is 4.64. The van der Waals surface area contributed by atoms with Gasteiger partial charge in [0.2, 0.25) is 0 Å². The molecule has 1 atom stereocenters. The Kier molecular flexibility index (Phi) is 6.82. The zero-order chi connectivity index (χ0) is 12.7. The molecule has 0 fully saturated rings. The van der Waals surface area contributed by atoms with E-state index in [2.05, 4.69) is 52.2 Å². The van der Waals surface area contributed by atoms with E-state index < -0.39 is 0 Å². The molecule has 0 heterocycles. The third-order valence-corrected chi connectivity index (χ3v) is 2.52. The van der Waals surface area contributed by atoms with E-state index in [4.69, 9.17) is 5.73 Å². The van der Waals surface area contributed by atoms with Gasteiger partial charge in [0, 0.05) is 23.8 Å². The molecule has 0 spiro atoms. The van der Waals surface area contributed by atoms with Crippen LogP contribution in [0.3, 0.4) is 0 Å². The van der Waals surface area contributed by atoms with Gasteiger partial charge < -0.3 is 5.73 Å². The van der Waals surface area contributed by atoms with Crippen LogP contribution in [-0.4, -0.2) is 23.0 Å². The minimum absolute atomic E-state index is 0.342. The number of nitrogens with two attached hydrogens (primary N) is 1. The lowest BCUT2D eigenvalue weighted by atomic mass is 10.1. The molecule has 0 aliphatic rings. The van der Waals surface area contributed by atoms with Crippen molar-refractivity contribution in [2.24, 2.45) is 5.73 Å². The van der Waals surface area contributed by atoms with Crippen LogP contribution in [0.25, 0.3) is 0 Å². The first kappa shape index (κ1) is 15.0. The fourth-order valence-electron chi connectivity index (χ4n) is 2.14. The van der Waals surface area contributed by atoms with Crippen molar-refractivity contribution < 1.29 is 0 Å². The van der Waals surface area contributed by atoms with E-state index in [9.17, 15) is 0 Å². The zero-order valence-electron chi connectivity index (χ0n) is 11.3. The molecular weight excluding hydrogens is 196 g/mol.